The molecule has 138 valence electrons. The molecule has 2 aromatic carbocycles. The molecule has 2 N–H and O–H groups in total. The van der Waals surface area contributed by atoms with E-state index in [-0.39, 0.29) is 17.3 Å². The number of benzene rings is 2. The van der Waals surface area contributed by atoms with Gasteiger partial charge in [0.1, 0.15) is 11.5 Å². The average Bonchev–Trinajstić information content (AvgIpc) is 2.63. The number of para-hydroxylation sites is 2. The van der Waals surface area contributed by atoms with E-state index in [0.717, 1.165) is 12.1 Å². The van der Waals surface area contributed by atoms with Gasteiger partial charge in [0.2, 0.25) is 5.95 Å². The van der Waals surface area contributed by atoms with Crippen LogP contribution in [0.2, 0.25) is 0 Å². The Bertz CT molecular complexity index is 975. The molecule has 0 aliphatic carbocycles. The van der Waals surface area contributed by atoms with Crippen molar-refractivity contribution in [3.63, 3.8) is 0 Å². The standard InChI is InChI=1S/C18H12F4N4O/c19-12-6-2-4-8-14(12)25-17-23-10-9-15(26-17)16(27)24-13-7-3-1-5-11(13)18(20,21)22/h1-10H,(H,24,27)(H,23,25,26). The number of carbonyl (C=O) groups is 1. The zero-order valence-corrected chi connectivity index (χ0v) is 13.6. The Morgan fingerprint density at radius 1 is 0.926 bits per heavy atom. The van der Waals surface area contributed by atoms with Gasteiger partial charge in [-0.15, -0.1) is 0 Å². The van der Waals surface area contributed by atoms with E-state index in [9.17, 15) is 22.4 Å². The maximum absolute atomic E-state index is 13.7. The second kappa shape index (κ2) is 7.40. The van der Waals surface area contributed by atoms with Crippen LogP contribution in [0.1, 0.15) is 16.1 Å². The van der Waals surface area contributed by atoms with Gasteiger partial charge in [-0.05, 0) is 30.3 Å². The highest BCUT2D eigenvalue weighted by atomic mass is 19.4. The zero-order valence-electron chi connectivity index (χ0n) is 13.6. The van der Waals surface area contributed by atoms with E-state index in [1.807, 2.05) is 0 Å². The molecule has 0 spiro atoms. The zero-order chi connectivity index (χ0) is 19.4. The van der Waals surface area contributed by atoms with Gasteiger partial charge in [0.15, 0.2) is 0 Å². The minimum atomic E-state index is -4.62. The summed E-state index contributed by atoms with van der Waals surface area (Å²) in [4.78, 5) is 20.1. The predicted octanol–water partition coefficient (Wildman–Crippen LogP) is 4.63. The van der Waals surface area contributed by atoms with Crippen LogP contribution >= 0.6 is 0 Å². The molecule has 0 atom stereocenters. The number of hydrogen-bond donors (Lipinski definition) is 2. The van der Waals surface area contributed by atoms with E-state index in [0.29, 0.717) is 0 Å². The number of halogens is 4. The number of nitrogens with one attached hydrogen (secondary N) is 2. The van der Waals surface area contributed by atoms with Crippen molar-refractivity contribution >= 4 is 23.2 Å². The first kappa shape index (κ1) is 18.3. The van der Waals surface area contributed by atoms with E-state index in [1.165, 1.54) is 42.6 Å². The van der Waals surface area contributed by atoms with Crippen LogP contribution in [0.25, 0.3) is 0 Å². The van der Waals surface area contributed by atoms with Gasteiger partial charge < -0.3 is 10.6 Å². The molecule has 1 heterocycles. The highest BCUT2D eigenvalue weighted by Crippen LogP contribution is 2.34. The van der Waals surface area contributed by atoms with Crippen molar-refractivity contribution in [3.8, 4) is 0 Å². The van der Waals surface area contributed by atoms with E-state index in [1.54, 1.807) is 6.07 Å². The van der Waals surface area contributed by atoms with Crippen molar-refractivity contribution in [2.45, 2.75) is 6.18 Å². The molecule has 0 saturated heterocycles. The van der Waals surface area contributed by atoms with Gasteiger partial charge in [0.05, 0.1) is 16.9 Å². The monoisotopic (exact) mass is 376 g/mol. The van der Waals surface area contributed by atoms with Gasteiger partial charge in [-0.25, -0.2) is 14.4 Å². The Morgan fingerprint density at radius 3 is 2.30 bits per heavy atom. The minimum absolute atomic E-state index is 0.0724. The summed E-state index contributed by atoms with van der Waals surface area (Å²) in [5.41, 5.74) is -1.45. The molecule has 0 aliphatic heterocycles. The number of rotatable bonds is 4. The Labute approximate surface area is 151 Å². The lowest BCUT2D eigenvalue weighted by atomic mass is 10.1. The van der Waals surface area contributed by atoms with Crippen molar-refractivity contribution in [3.05, 3.63) is 77.9 Å². The van der Waals surface area contributed by atoms with Crippen molar-refractivity contribution in [2.24, 2.45) is 0 Å². The lowest BCUT2D eigenvalue weighted by Gasteiger charge is -2.13. The normalized spacial score (nSPS) is 11.1. The maximum Gasteiger partial charge on any atom is 0.418 e. The van der Waals surface area contributed by atoms with Crippen LogP contribution in [0, 0.1) is 5.82 Å². The number of hydrogen-bond acceptors (Lipinski definition) is 4. The first-order chi connectivity index (χ1) is 12.8. The Kier molecular flexibility index (Phi) is 5.02. The van der Waals surface area contributed by atoms with Crippen LogP contribution in [0.5, 0.6) is 0 Å². The van der Waals surface area contributed by atoms with Crippen LogP contribution < -0.4 is 10.6 Å². The molecule has 0 fully saturated rings. The van der Waals surface area contributed by atoms with E-state index in [4.69, 9.17) is 0 Å². The molecule has 1 amide bonds. The molecular formula is C18H12F4N4O. The Hall–Kier alpha value is -3.49. The Morgan fingerprint density at radius 2 is 1.59 bits per heavy atom. The first-order valence-corrected chi connectivity index (χ1v) is 7.67. The lowest BCUT2D eigenvalue weighted by Crippen LogP contribution is -2.18. The van der Waals surface area contributed by atoms with E-state index < -0.39 is 29.2 Å². The second-order valence-corrected chi connectivity index (χ2v) is 5.37. The van der Waals surface area contributed by atoms with Gasteiger partial charge in [-0.3, -0.25) is 4.79 Å². The van der Waals surface area contributed by atoms with Crippen LogP contribution in [0.4, 0.5) is 34.9 Å². The largest absolute Gasteiger partial charge is 0.418 e. The maximum atomic E-state index is 13.7. The molecule has 5 nitrogen and oxygen atoms in total. The second-order valence-electron chi connectivity index (χ2n) is 5.37. The van der Waals surface area contributed by atoms with E-state index in [2.05, 4.69) is 20.6 Å². The third-order valence-corrected chi connectivity index (χ3v) is 3.49. The molecule has 27 heavy (non-hydrogen) atoms. The van der Waals surface area contributed by atoms with Gasteiger partial charge in [0, 0.05) is 6.20 Å². The number of nitrogens with zero attached hydrogens (tertiary/aromatic N) is 2. The highest BCUT2D eigenvalue weighted by Gasteiger charge is 2.33. The van der Waals surface area contributed by atoms with E-state index >= 15 is 0 Å². The van der Waals surface area contributed by atoms with Gasteiger partial charge in [0.25, 0.3) is 5.91 Å². The summed E-state index contributed by atoms with van der Waals surface area (Å²) in [6.45, 7) is 0. The number of anilines is 3. The molecular weight excluding hydrogens is 364 g/mol. The third-order valence-electron chi connectivity index (χ3n) is 3.49. The molecule has 0 radical (unpaired) electrons. The van der Waals surface area contributed by atoms with Crippen molar-refractivity contribution < 1.29 is 22.4 Å². The molecule has 3 aromatic rings. The molecule has 0 aliphatic rings. The fourth-order valence-corrected chi connectivity index (χ4v) is 2.25. The van der Waals surface area contributed by atoms with Crippen LogP contribution in [0.15, 0.2) is 60.8 Å². The SMILES string of the molecule is O=C(Nc1ccccc1C(F)(F)F)c1ccnc(Nc2ccccc2F)n1. The van der Waals surface area contributed by atoms with Crippen LogP contribution in [0.3, 0.4) is 0 Å². The lowest BCUT2D eigenvalue weighted by molar-refractivity contribution is -0.136. The van der Waals surface area contributed by atoms with Gasteiger partial charge in [-0.1, -0.05) is 24.3 Å². The first-order valence-electron chi connectivity index (χ1n) is 7.67. The summed E-state index contributed by atoms with van der Waals surface area (Å²) in [7, 11) is 0. The predicted molar refractivity (Wildman–Crippen MR) is 91.1 cm³/mol. The Balaban J connectivity index is 1.82. The van der Waals surface area contributed by atoms with Gasteiger partial charge in [-0.2, -0.15) is 13.2 Å². The fourth-order valence-electron chi connectivity index (χ4n) is 2.25. The summed E-state index contributed by atoms with van der Waals surface area (Å²) in [6, 6.07) is 11.6. The van der Waals surface area contributed by atoms with Crippen molar-refractivity contribution in [2.75, 3.05) is 10.6 Å². The molecule has 0 unspecified atom stereocenters. The quantitative estimate of drug-likeness (QED) is 0.652. The number of alkyl halides is 3. The van der Waals surface area contributed by atoms with Crippen molar-refractivity contribution in [1.82, 2.24) is 9.97 Å². The topological polar surface area (TPSA) is 66.9 Å². The van der Waals surface area contributed by atoms with Crippen molar-refractivity contribution in [1.29, 1.82) is 0 Å². The minimum Gasteiger partial charge on any atom is -0.322 e. The summed E-state index contributed by atoms with van der Waals surface area (Å²) in [6.07, 6.45) is -3.38. The molecule has 0 saturated carbocycles. The fraction of sp³-hybridized carbons (Fsp3) is 0.0556. The number of carbonyl (C=O) groups excluding carboxylic acids is 1. The van der Waals surface area contributed by atoms with Crippen LogP contribution in [-0.2, 0) is 6.18 Å². The summed E-state index contributed by atoms with van der Waals surface area (Å²) < 4.78 is 52.7. The summed E-state index contributed by atoms with van der Waals surface area (Å²) in [5, 5.41) is 4.79. The molecule has 0 bridgehead atoms. The molecule has 1 aromatic heterocycles. The number of amides is 1. The number of aromatic nitrogens is 2. The van der Waals surface area contributed by atoms with Crippen LogP contribution in [-0.4, -0.2) is 15.9 Å². The molecule has 9 heteroatoms. The van der Waals surface area contributed by atoms with Gasteiger partial charge >= 0.3 is 6.18 Å². The highest BCUT2D eigenvalue weighted by molar-refractivity contribution is 6.03. The third kappa shape index (κ3) is 4.38. The summed E-state index contributed by atoms with van der Waals surface area (Å²) >= 11 is 0. The average molecular weight is 376 g/mol. The summed E-state index contributed by atoms with van der Waals surface area (Å²) in [5.74, 6) is -1.47. The molecule has 3 rings (SSSR count). The smallest absolute Gasteiger partial charge is 0.322 e.